The van der Waals surface area contributed by atoms with Crippen molar-refractivity contribution in [3.8, 4) is 0 Å². The van der Waals surface area contributed by atoms with E-state index < -0.39 is 34.2 Å². The van der Waals surface area contributed by atoms with Crippen LogP contribution >= 0.6 is 0 Å². The molecule has 0 saturated heterocycles. The molecule has 0 heterocycles. The Kier molecular flexibility index (Phi) is 5.69. The zero-order chi connectivity index (χ0) is 19.5. The van der Waals surface area contributed by atoms with Crippen LogP contribution in [0, 0.1) is 0 Å². The van der Waals surface area contributed by atoms with Crippen molar-refractivity contribution in [3.63, 3.8) is 0 Å². The summed E-state index contributed by atoms with van der Waals surface area (Å²) in [4.78, 5) is 0. The molecule has 0 saturated carbocycles. The Morgan fingerprint density at radius 1 is 0.556 bits per heavy atom. The molecule has 0 aliphatic heterocycles. The van der Waals surface area contributed by atoms with Gasteiger partial charge in [0.25, 0.3) is 0 Å². The van der Waals surface area contributed by atoms with Gasteiger partial charge in [-0.3, -0.25) is 0 Å². The molecule has 0 spiro atoms. The van der Waals surface area contributed by atoms with Gasteiger partial charge in [-0.1, -0.05) is 0 Å². The molecule has 6 heteroatoms. The average Bonchev–Trinajstić information content (AvgIpc) is 2.70. The fourth-order valence-electron chi connectivity index (χ4n) is 3.23. The van der Waals surface area contributed by atoms with E-state index in [1.165, 1.54) is 0 Å². The van der Waals surface area contributed by atoms with Gasteiger partial charge in [0.15, 0.2) is 0 Å². The van der Waals surface area contributed by atoms with Crippen molar-refractivity contribution in [2.45, 2.75) is 6.18 Å². The van der Waals surface area contributed by atoms with Crippen molar-refractivity contribution in [1.82, 2.24) is 0 Å². The first-order valence-electron chi connectivity index (χ1n) is 8.18. The van der Waals surface area contributed by atoms with Crippen molar-refractivity contribution in [2.75, 3.05) is 0 Å². The third-order valence-corrected chi connectivity index (χ3v) is 17.2. The van der Waals surface area contributed by atoms with Crippen molar-refractivity contribution >= 4 is 29.1 Å². The molecule has 27 heavy (non-hydrogen) atoms. The zero-order valence-corrected chi connectivity index (χ0v) is 16.9. The fraction of sp³-hybridized carbons (Fsp3) is 0.0476. The molecule has 0 fully saturated rings. The van der Waals surface area contributed by atoms with E-state index in [0.717, 1.165) is 0 Å². The molecule has 3 aromatic carbocycles. The van der Waals surface area contributed by atoms with Gasteiger partial charge < -0.3 is 0 Å². The van der Waals surface area contributed by atoms with Gasteiger partial charge >= 0.3 is 158 Å². The molecule has 0 N–H and O–H groups in total. The van der Waals surface area contributed by atoms with Crippen LogP contribution in [0.15, 0.2) is 101 Å². The predicted molar refractivity (Wildman–Crippen MR) is 99.3 cm³/mol. The molecule has 3 aromatic rings. The first-order valence-corrected chi connectivity index (χ1v) is 13.9. The van der Waals surface area contributed by atoms with Crippen LogP contribution in [0.3, 0.4) is 0 Å². The van der Waals surface area contributed by atoms with Crippen molar-refractivity contribution < 1.29 is 22.0 Å². The van der Waals surface area contributed by atoms with Crippen molar-refractivity contribution in [2.24, 2.45) is 0 Å². The Balaban J connectivity index is 2.48. The molecular formula is C21H15F5Sn. The Morgan fingerprint density at radius 3 is 1.11 bits per heavy atom. The molecule has 138 valence electrons. The molecule has 0 aliphatic carbocycles. The minimum atomic E-state index is -5.38. The Labute approximate surface area is 157 Å². The SMILES string of the molecule is F/C(=[C](/F)[Sn]([c]1ccccc1)([c]1ccccc1)[c]1ccccc1)C(F)(F)F. The third-order valence-electron chi connectivity index (χ3n) is 4.39. The van der Waals surface area contributed by atoms with Crippen LogP contribution in [0.5, 0.6) is 0 Å². The van der Waals surface area contributed by atoms with Crippen molar-refractivity contribution in [3.05, 3.63) is 101 Å². The van der Waals surface area contributed by atoms with E-state index in [2.05, 4.69) is 0 Å². The number of benzene rings is 3. The van der Waals surface area contributed by atoms with Gasteiger partial charge in [0.2, 0.25) is 0 Å². The maximum atomic E-state index is 15.5. The quantitative estimate of drug-likeness (QED) is 0.383. The van der Waals surface area contributed by atoms with Gasteiger partial charge in [0.05, 0.1) is 0 Å². The monoisotopic (exact) mass is 482 g/mol. The second-order valence-electron chi connectivity index (χ2n) is 5.97. The summed E-state index contributed by atoms with van der Waals surface area (Å²) in [5.74, 6) is -2.64. The molecule has 0 atom stereocenters. The number of hydrogen-bond acceptors (Lipinski definition) is 0. The van der Waals surface area contributed by atoms with E-state index in [1.807, 2.05) is 0 Å². The standard InChI is InChI=1S/3C6H5.C3F5.Sn/c3*1-2-4-6-5-3-1;4-1-2(5)3(6,7)8;/h3*1-5H;;. The van der Waals surface area contributed by atoms with Crippen LogP contribution in [0.4, 0.5) is 22.0 Å². The normalized spacial score (nSPS) is 13.2. The first-order chi connectivity index (χ1) is 12.9. The molecule has 3 rings (SSSR count). The summed E-state index contributed by atoms with van der Waals surface area (Å²) in [6.07, 6.45) is -5.38. The van der Waals surface area contributed by atoms with Gasteiger partial charge in [0.1, 0.15) is 0 Å². The summed E-state index contributed by atoms with van der Waals surface area (Å²) in [5, 5.41) is 0. The van der Waals surface area contributed by atoms with Crippen LogP contribution in [-0.2, 0) is 0 Å². The van der Waals surface area contributed by atoms with Crippen LogP contribution in [0.1, 0.15) is 0 Å². The fourth-order valence-corrected chi connectivity index (χ4v) is 15.5. The summed E-state index contributed by atoms with van der Waals surface area (Å²) in [5.41, 5.74) is 0. The summed E-state index contributed by atoms with van der Waals surface area (Å²) >= 11 is -5.11. The maximum absolute atomic E-state index is 15.5. The van der Waals surface area contributed by atoms with Gasteiger partial charge in [-0.2, -0.15) is 0 Å². The number of rotatable bonds is 4. The van der Waals surface area contributed by atoms with Gasteiger partial charge in [-0.25, -0.2) is 0 Å². The second kappa shape index (κ2) is 7.84. The topological polar surface area (TPSA) is 0 Å². The first kappa shape index (κ1) is 19.6. The van der Waals surface area contributed by atoms with E-state index in [-0.39, 0.29) is 0 Å². The molecular weight excluding hydrogens is 466 g/mol. The summed E-state index contributed by atoms with van der Waals surface area (Å²) in [7, 11) is 0. The second-order valence-corrected chi connectivity index (χ2v) is 16.5. The summed E-state index contributed by atoms with van der Waals surface area (Å²) < 4.78 is 68.8. The zero-order valence-electron chi connectivity index (χ0n) is 14.1. The average molecular weight is 481 g/mol. The number of alkyl halides is 3. The summed E-state index contributed by atoms with van der Waals surface area (Å²) in [6.45, 7) is 0. The molecule has 0 unspecified atom stereocenters. The van der Waals surface area contributed by atoms with Crippen LogP contribution in [0.25, 0.3) is 0 Å². The van der Waals surface area contributed by atoms with Gasteiger partial charge in [-0.15, -0.1) is 0 Å². The molecule has 0 aliphatic rings. The molecule has 0 aromatic heterocycles. The van der Waals surface area contributed by atoms with Gasteiger partial charge in [0, 0.05) is 0 Å². The Hall–Kier alpha value is -2.15. The van der Waals surface area contributed by atoms with Crippen LogP contribution < -0.4 is 10.7 Å². The van der Waals surface area contributed by atoms with Crippen LogP contribution in [0.2, 0.25) is 0 Å². The Morgan fingerprint density at radius 2 is 0.852 bits per heavy atom. The third kappa shape index (κ3) is 3.65. The Bertz CT molecular complexity index is 822. The number of halogens is 5. The van der Waals surface area contributed by atoms with E-state index in [1.54, 1.807) is 91.0 Å². The van der Waals surface area contributed by atoms with E-state index >= 15 is 4.39 Å². The predicted octanol–water partition coefficient (Wildman–Crippen LogP) is 4.41. The minimum absolute atomic E-state index is 0.404. The molecule has 0 radical (unpaired) electrons. The van der Waals surface area contributed by atoms with Crippen molar-refractivity contribution in [1.29, 1.82) is 0 Å². The molecule has 0 amide bonds. The molecule has 0 nitrogen and oxygen atoms in total. The number of allylic oxidation sites excluding steroid dienone is 1. The van der Waals surface area contributed by atoms with E-state index in [4.69, 9.17) is 0 Å². The summed E-state index contributed by atoms with van der Waals surface area (Å²) in [6, 6.07) is 24.4. The van der Waals surface area contributed by atoms with E-state index in [9.17, 15) is 17.6 Å². The number of hydrogen-bond donors (Lipinski definition) is 0. The van der Waals surface area contributed by atoms with Gasteiger partial charge in [-0.05, 0) is 0 Å². The molecule has 0 bridgehead atoms. The van der Waals surface area contributed by atoms with Crippen LogP contribution in [-0.4, -0.2) is 24.6 Å². The van der Waals surface area contributed by atoms with E-state index in [0.29, 0.717) is 10.7 Å².